The number of benzene rings is 3. The number of hydrogen-bond acceptors (Lipinski definition) is 8. The SMILES string of the molecule is NC(=O)c1cc2cc(Cl)ccc2cc1OCC(=O)c1cn(CCN2CC[C@H](O)C2)c2cc(Oc3cccnn3)ccc12. The lowest BCUT2D eigenvalue weighted by molar-refractivity contribution is 0.0913. The molecule has 11 heteroatoms. The Labute approximate surface area is 246 Å². The zero-order chi connectivity index (χ0) is 29.2. The van der Waals surface area contributed by atoms with E-state index in [1.54, 1.807) is 48.7 Å². The minimum atomic E-state index is -0.668. The van der Waals surface area contributed by atoms with Crippen molar-refractivity contribution >= 4 is 45.0 Å². The van der Waals surface area contributed by atoms with Gasteiger partial charge in [0.05, 0.1) is 17.2 Å². The van der Waals surface area contributed by atoms with Gasteiger partial charge in [-0.25, -0.2) is 0 Å². The van der Waals surface area contributed by atoms with Gasteiger partial charge < -0.3 is 24.9 Å². The molecular weight excluding hydrogens is 558 g/mol. The predicted octanol–water partition coefficient (Wildman–Crippen LogP) is 4.46. The van der Waals surface area contributed by atoms with Crippen LogP contribution in [0.5, 0.6) is 17.4 Å². The third-order valence-electron chi connectivity index (χ3n) is 7.35. The average molecular weight is 586 g/mol. The summed E-state index contributed by atoms with van der Waals surface area (Å²) < 4.78 is 13.8. The zero-order valence-corrected chi connectivity index (χ0v) is 23.3. The van der Waals surface area contributed by atoms with E-state index >= 15 is 0 Å². The molecule has 2 aromatic heterocycles. The van der Waals surface area contributed by atoms with E-state index in [0.717, 1.165) is 34.6 Å². The molecule has 214 valence electrons. The molecule has 1 aliphatic rings. The number of likely N-dealkylation sites (tertiary alicyclic amines) is 1. The van der Waals surface area contributed by atoms with Gasteiger partial charge in [-0.3, -0.25) is 14.5 Å². The first kappa shape index (κ1) is 27.6. The second kappa shape index (κ2) is 11.8. The molecule has 1 aliphatic heterocycles. The average Bonchev–Trinajstić information content (AvgIpc) is 3.57. The Morgan fingerprint density at radius 3 is 2.69 bits per heavy atom. The highest BCUT2D eigenvalue weighted by molar-refractivity contribution is 6.31. The van der Waals surface area contributed by atoms with Gasteiger partial charge in [-0.15, -0.1) is 5.10 Å². The quantitative estimate of drug-likeness (QED) is 0.230. The van der Waals surface area contributed by atoms with E-state index in [0.29, 0.717) is 41.8 Å². The fourth-order valence-electron chi connectivity index (χ4n) is 5.25. The van der Waals surface area contributed by atoms with Crippen LogP contribution in [0.1, 0.15) is 27.1 Å². The molecule has 1 fully saturated rings. The number of aliphatic hydroxyl groups is 1. The molecule has 3 aromatic carbocycles. The van der Waals surface area contributed by atoms with Crippen LogP contribution in [-0.4, -0.2) is 68.8 Å². The van der Waals surface area contributed by atoms with Crippen molar-refractivity contribution in [3.8, 4) is 17.4 Å². The maximum atomic E-state index is 13.5. The van der Waals surface area contributed by atoms with E-state index in [1.165, 1.54) is 0 Å². The number of carbonyl (C=O) groups is 2. The van der Waals surface area contributed by atoms with Crippen LogP contribution in [0.15, 0.2) is 73.1 Å². The molecule has 1 atom stereocenters. The first-order valence-electron chi connectivity index (χ1n) is 13.5. The van der Waals surface area contributed by atoms with Crippen LogP contribution < -0.4 is 15.2 Å². The van der Waals surface area contributed by atoms with E-state index in [2.05, 4.69) is 15.1 Å². The fraction of sp³-hybridized carbons (Fsp3) is 0.226. The smallest absolute Gasteiger partial charge is 0.252 e. The highest BCUT2D eigenvalue weighted by Gasteiger charge is 2.22. The molecular formula is C31H28ClN5O5. The number of β-amino-alcohol motifs (C(OH)–C–C–N with tert-alkyl or cyclic N) is 1. The number of Topliss-reactive ketones (excluding diaryl/α,β-unsaturated/α-hetero) is 1. The molecule has 0 bridgehead atoms. The molecule has 5 aromatic rings. The Balaban J connectivity index is 1.28. The van der Waals surface area contributed by atoms with Crippen LogP contribution in [0.2, 0.25) is 5.02 Å². The molecule has 0 saturated carbocycles. The van der Waals surface area contributed by atoms with Crippen LogP contribution in [0.3, 0.4) is 0 Å². The summed E-state index contributed by atoms with van der Waals surface area (Å²) in [7, 11) is 0. The Hall–Kier alpha value is -4.51. The number of halogens is 1. The fourth-order valence-corrected chi connectivity index (χ4v) is 5.43. The molecule has 0 radical (unpaired) electrons. The molecule has 1 saturated heterocycles. The lowest BCUT2D eigenvalue weighted by atomic mass is 10.1. The molecule has 3 heterocycles. The highest BCUT2D eigenvalue weighted by Crippen LogP contribution is 2.31. The Morgan fingerprint density at radius 2 is 1.93 bits per heavy atom. The van der Waals surface area contributed by atoms with Gasteiger partial charge in [0.1, 0.15) is 11.5 Å². The lowest BCUT2D eigenvalue weighted by Gasteiger charge is -2.16. The first-order valence-corrected chi connectivity index (χ1v) is 13.9. The van der Waals surface area contributed by atoms with Crippen LogP contribution in [-0.2, 0) is 6.54 Å². The third kappa shape index (κ3) is 5.91. The number of aliphatic hydroxyl groups excluding tert-OH is 1. The molecule has 0 spiro atoms. The van der Waals surface area contributed by atoms with Crippen LogP contribution in [0.4, 0.5) is 0 Å². The van der Waals surface area contributed by atoms with Crippen LogP contribution >= 0.6 is 11.6 Å². The van der Waals surface area contributed by atoms with Crippen molar-refractivity contribution < 1.29 is 24.2 Å². The minimum absolute atomic E-state index is 0.165. The summed E-state index contributed by atoms with van der Waals surface area (Å²) in [6.45, 7) is 2.46. The van der Waals surface area contributed by atoms with E-state index < -0.39 is 5.91 Å². The van der Waals surface area contributed by atoms with Crippen molar-refractivity contribution in [3.63, 3.8) is 0 Å². The number of carbonyl (C=O) groups excluding carboxylic acids is 2. The van der Waals surface area contributed by atoms with Crippen molar-refractivity contribution in [2.24, 2.45) is 5.73 Å². The van der Waals surface area contributed by atoms with Crippen molar-refractivity contribution in [3.05, 3.63) is 89.2 Å². The van der Waals surface area contributed by atoms with Crippen molar-refractivity contribution in [2.45, 2.75) is 19.1 Å². The van der Waals surface area contributed by atoms with Gasteiger partial charge >= 0.3 is 0 Å². The molecule has 1 amide bonds. The Morgan fingerprint density at radius 1 is 1.05 bits per heavy atom. The van der Waals surface area contributed by atoms with Crippen molar-refractivity contribution in [1.82, 2.24) is 19.7 Å². The van der Waals surface area contributed by atoms with E-state index in [9.17, 15) is 14.7 Å². The summed E-state index contributed by atoms with van der Waals surface area (Å²) in [5.74, 6) is 0.204. The number of nitrogens with zero attached hydrogens (tertiary/aromatic N) is 4. The third-order valence-corrected chi connectivity index (χ3v) is 7.59. The number of aromatic nitrogens is 3. The van der Waals surface area contributed by atoms with Gasteiger partial charge in [0.25, 0.3) is 5.91 Å². The lowest BCUT2D eigenvalue weighted by Crippen LogP contribution is -2.26. The summed E-state index contributed by atoms with van der Waals surface area (Å²) in [4.78, 5) is 27.9. The number of ether oxygens (including phenoxy) is 2. The van der Waals surface area contributed by atoms with Gasteiger partial charge in [0.15, 0.2) is 6.61 Å². The number of ketones is 1. The normalized spacial score (nSPS) is 15.3. The van der Waals surface area contributed by atoms with Gasteiger partial charge in [-0.05, 0) is 59.7 Å². The number of amides is 1. The maximum Gasteiger partial charge on any atom is 0.252 e. The van der Waals surface area contributed by atoms with Crippen LogP contribution in [0.25, 0.3) is 21.7 Å². The van der Waals surface area contributed by atoms with Crippen LogP contribution in [0, 0.1) is 0 Å². The van der Waals surface area contributed by atoms with Gasteiger partial charge in [-0.1, -0.05) is 17.7 Å². The largest absolute Gasteiger partial charge is 0.485 e. The number of nitrogens with two attached hydrogens (primary N) is 1. The summed E-state index contributed by atoms with van der Waals surface area (Å²) in [5, 5.41) is 20.6. The number of rotatable bonds is 10. The summed E-state index contributed by atoms with van der Waals surface area (Å²) in [5.41, 5.74) is 7.07. The van der Waals surface area contributed by atoms with Gasteiger partial charge in [0.2, 0.25) is 11.7 Å². The highest BCUT2D eigenvalue weighted by atomic mass is 35.5. The van der Waals surface area contributed by atoms with Gasteiger partial charge in [-0.2, -0.15) is 5.10 Å². The minimum Gasteiger partial charge on any atom is -0.485 e. The van der Waals surface area contributed by atoms with Gasteiger partial charge in [0, 0.05) is 66.7 Å². The first-order chi connectivity index (χ1) is 20.3. The second-order valence-corrected chi connectivity index (χ2v) is 10.7. The van der Waals surface area contributed by atoms with E-state index in [-0.39, 0.29) is 29.8 Å². The monoisotopic (exact) mass is 585 g/mol. The summed E-state index contributed by atoms with van der Waals surface area (Å²) in [6.07, 6.45) is 3.81. The molecule has 3 N–H and O–H groups in total. The molecule has 6 rings (SSSR count). The van der Waals surface area contributed by atoms with Crippen molar-refractivity contribution in [2.75, 3.05) is 26.2 Å². The second-order valence-electron chi connectivity index (χ2n) is 10.2. The molecule has 0 unspecified atom stereocenters. The number of fused-ring (bicyclic) bond motifs is 2. The summed E-state index contributed by atoms with van der Waals surface area (Å²) in [6, 6.07) is 17.5. The van der Waals surface area contributed by atoms with E-state index in [1.807, 2.05) is 29.0 Å². The molecule has 10 nitrogen and oxygen atoms in total. The Kier molecular flexibility index (Phi) is 7.75. The standard InChI is InChI=1S/C31H28ClN5O5/c32-21-4-3-19-14-29(25(31(33)40)13-20(19)12-21)41-18-28(39)26-17-37(11-10-36-9-7-22(38)16-36)27-15-23(5-6-24(26)27)42-30-2-1-8-34-35-30/h1-6,8,12-15,17,22,38H,7,9-11,16,18H2,(H2,33,40)/t22-/m0/s1. The van der Waals surface area contributed by atoms with E-state index in [4.69, 9.17) is 26.8 Å². The molecule has 42 heavy (non-hydrogen) atoms. The number of primary amides is 1. The zero-order valence-electron chi connectivity index (χ0n) is 22.6. The topological polar surface area (TPSA) is 133 Å². The maximum absolute atomic E-state index is 13.5. The predicted molar refractivity (Wildman–Crippen MR) is 158 cm³/mol. The summed E-state index contributed by atoms with van der Waals surface area (Å²) >= 11 is 6.10. The van der Waals surface area contributed by atoms with Crippen molar-refractivity contribution in [1.29, 1.82) is 0 Å². The number of hydrogen-bond donors (Lipinski definition) is 2. The molecule has 0 aliphatic carbocycles. The Bertz CT molecular complexity index is 1790.